The summed E-state index contributed by atoms with van der Waals surface area (Å²) in [5, 5.41) is 16.1. The Bertz CT molecular complexity index is 311. The summed E-state index contributed by atoms with van der Waals surface area (Å²) >= 11 is 0. The highest BCUT2D eigenvalue weighted by Gasteiger charge is 2.09. The number of carboxylic acid groups (broad SMARTS) is 1. The second-order valence-electron chi connectivity index (χ2n) is 3.06. The van der Waals surface area contributed by atoms with E-state index in [0.717, 1.165) is 0 Å². The molecule has 0 aromatic carbocycles. The van der Waals surface area contributed by atoms with Gasteiger partial charge in [0.25, 0.3) is 0 Å². The molecular formula is C8H13N3O3. The highest BCUT2D eigenvalue weighted by Crippen LogP contribution is 2.04. The van der Waals surface area contributed by atoms with Crippen molar-refractivity contribution in [3.05, 3.63) is 11.9 Å². The summed E-state index contributed by atoms with van der Waals surface area (Å²) in [6.45, 7) is 2.44. The number of hydrogen-bond donors (Lipinski definition) is 1. The molecule has 0 bridgehead atoms. The van der Waals surface area contributed by atoms with Crippen molar-refractivity contribution in [1.29, 1.82) is 0 Å². The molecule has 6 nitrogen and oxygen atoms in total. The molecule has 6 heteroatoms. The van der Waals surface area contributed by atoms with E-state index in [1.165, 1.54) is 0 Å². The van der Waals surface area contributed by atoms with Gasteiger partial charge in [-0.15, -0.1) is 5.10 Å². The molecule has 78 valence electrons. The summed E-state index contributed by atoms with van der Waals surface area (Å²) in [7, 11) is 1.60. The van der Waals surface area contributed by atoms with Gasteiger partial charge in [-0.2, -0.15) is 0 Å². The molecule has 1 unspecified atom stereocenters. The third-order valence-corrected chi connectivity index (χ3v) is 1.75. The van der Waals surface area contributed by atoms with Crippen LogP contribution in [-0.2, 0) is 16.0 Å². The number of aliphatic carboxylic acids is 1. The van der Waals surface area contributed by atoms with Gasteiger partial charge < -0.3 is 9.84 Å². The molecule has 0 radical (unpaired) electrons. The van der Waals surface area contributed by atoms with Crippen molar-refractivity contribution in [2.24, 2.45) is 0 Å². The number of nitrogens with zero attached hydrogens (tertiary/aromatic N) is 3. The molecule has 1 atom stereocenters. The van der Waals surface area contributed by atoms with Crippen molar-refractivity contribution in [1.82, 2.24) is 15.0 Å². The number of methoxy groups -OCH3 is 1. The predicted octanol–water partition coefficient (Wildman–Crippen LogP) is 0.113. The Hall–Kier alpha value is -1.43. The lowest BCUT2D eigenvalue weighted by molar-refractivity contribution is -0.136. The van der Waals surface area contributed by atoms with E-state index in [4.69, 9.17) is 9.84 Å². The first kappa shape index (κ1) is 10.6. The Morgan fingerprint density at radius 1 is 1.79 bits per heavy atom. The molecule has 1 N–H and O–H groups in total. The van der Waals surface area contributed by atoms with E-state index in [1.54, 1.807) is 18.0 Å². The standard InChI is InChI=1S/C8H13N3O3/c1-6(5-14-2)11-4-7(9-10-11)3-8(12)13/h4,6H,3,5H2,1-2H3,(H,12,13). The highest BCUT2D eigenvalue weighted by molar-refractivity contribution is 5.69. The van der Waals surface area contributed by atoms with E-state index >= 15 is 0 Å². The summed E-state index contributed by atoms with van der Waals surface area (Å²) in [4.78, 5) is 10.4. The van der Waals surface area contributed by atoms with Gasteiger partial charge in [0.15, 0.2) is 0 Å². The molecule has 0 saturated carbocycles. The van der Waals surface area contributed by atoms with E-state index < -0.39 is 5.97 Å². The Balaban J connectivity index is 2.62. The number of rotatable bonds is 5. The first-order chi connectivity index (χ1) is 6.63. The molecule has 0 aliphatic heterocycles. The second kappa shape index (κ2) is 4.71. The molecule has 14 heavy (non-hydrogen) atoms. The quantitative estimate of drug-likeness (QED) is 0.728. The van der Waals surface area contributed by atoms with Crippen LogP contribution < -0.4 is 0 Å². The van der Waals surface area contributed by atoms with Crippen LogP contribution in [-0.4, -0.2) is 39.8 Å². The molecule has 0 fully saturated rings. The fraction of sp³-hybridized carbons (Fsp3) is 0.625. The van der Waals surface area contributed by atoms with Crippen LogP contribution >= 0.6 is 0 Å². The van der Waals surface area contributed by atoms with E-state index in [1.807, 2.05) is 6.92 Å². The van der Waals surface area contributed by atoms with Crippen LogP contribution in [0, 0.1) is 0 Å². The lowest BCUT2D eigenvalue weighted by Gasteiger charge is -2.08. The van der Waals surface area contributed by atoms with Gasteiger partial charge in [0.05, 0.1) is 24.8 Å². The average molecular weight is 199 g/mol. The van der Waals surface area contributed by atoms with Gasteiger partial charge in [0.1, 0.15) is 0 Å². The molecule has 1 rings (SSSR count). The van der Waals surface area contributed by atoms with Crippen LogP contribution in [0.15, 0.2) is 6.20 Å². The van der Waals surface area contributed by atoms with Crippen molar-refractivity contribution >= 4 is 5.97 Å². The van der Waals surface area contributed by atoms with Crippen LogP contribution in [0.4, 0.5) is 0 Å². The third kappa shape index (κ3) is 2.81. The zero-order chi connectivity index (χ0) is 10.6. The molecule has 1 heterocycles. The largest absolute Gasteiger partial charge is 0.481 e. The highest BCUT2D eigenvalue weighted by atomic mass is 16.5. The number of ether oxygens (including phenoxy) is 1. The van der Waals surface area contributed by atoms with E-state index in [2.05, 4.69) is 10.3 Å². The average Bonchev–Trinajstić information content (AvgIpc) is 2.52. The lowest BCUT2D eigenvalue weighted by atomic mass is 10.3. The number of hydrogen-bond acceptors (Lipinski definition) is 4. The second-order valence-corrected chi connectivity index (χ2v) is 3.06. The minimum atomic E-state index is -0.906. The number of carbonyl (C=O) groups is 1. The van der Waals surface area contributed by atoms with E-state index in [-0.39, 0.29) is 12.5 Å². The van der Waals surface area contributed by atoms with E-state index in [9.17, 15) is 4.79 Å². The Labute approximate surface area is 81.5 Å². The molecule has 0 saturated heterocycles. The summed E-state index contributed by atoms with van der Waals surface area (Å²) < 4.78 is 6.54. The van der Waals surface area contributed by atoms with Gasteiger partial charge in [0, 0.05) is 13.3 Å². The molecule has 1 aromatic heterocycles. The van der Waals surface area contributed by atoms with Crippen LogP contribution in [0.2, 0.25) is 0 Å². The number of carboxylic acids is 1. The maximum atomic E-state index is 10.4. The van der Waals surface area contributed by atoms with E-state index in [0.29, 0.717) is 12.3 Å². The molecule has 1 aromatic rings. The molecule has 0 aliphatic carbocycles. The smallest absolute Gasteiger partial charge is 0.309 e. The molecular weight excluding hydrogens is 186 g/mol. The van der Waals surface area contributed by atoms with Crippen molar-refractivity contribution in [3.8, 4) is 0 Å². The first-order valence-corrected chi connectivity index (χ1v) is 4.25. The van der Waals surface area contributed by atoms with Crippen LogP contribution in [0.1, 0.15) is 18.7 Å². The predicted molar refractivity (Wildman–Crippen MR) is 47.9 cm³/mol. The normalized spacial score (nSPS) is 12.7. The van der Waals surface area contributed by atoms with Crippen LogP contribution in [0.5, 0.6) is 0 Å². The van der Waals surface area contributed by atoms with Gasteiger partial charge in [-0.3, -0.25) is 4.79 Å². The topological polar surface area (TPSA) is 77.2 Å². The summed E-state index contributed by atoms with van der Waals surface area (Å²) in [5.74, 6) is -0.906. The summed E-state index contributed by atoms with van der Waals surface area (Å²) in [6, 6.07) is 0.0649. The van der Waals surface area contributed by atoms with Crippen molar-refractivity contribution in [2.45, 2.75) is 19.4 Å². The fourth-order valence-electron chi connectivity index (χ4n) is 1.08. The monoisotopic (exact) mass is 199 g/mol. The maximum Gasteiger partial charge on any atom is 0.309 e. The summed E-state index contributed by atoms with van der Waals surface area (Å²) in [6.07, 6.45) is 1.53. The Kier molecular flexibility index (Phi) is 3.58. The van der Waals surface area contributed by atoms with Crippen LogP contribution in [0.25, 0.3) is 0 Å². The minimum Gasteiger partial charge on any atom is -0.481 e. The third-order valence-electron chi connectivity index (χ3n) is 1.75. The fourth-order valence-corrected chi connectivity index (χ4v) is 1.08. The molecule has 0 amide bonds. The zero-order valence-electron chi connectivity index (χ0n) is 8.17. The van der Waals surface area contributed by atoms with Gasteiger partial charge >= 0.3 is 5.97 Å². The minimum absolute atomic E-state index is 0.0649. The lowest BCUT2D eigenvalue weighted by Crippen LogP contribution is -2.11. The van der Waals surface area contributed by atoms with Gasteiger partial charge in [0.2, 0.25) is 0 Å². The first-order valence-electron chi connectivity index (χ1n) is 4.25. The van der Waals surface area contributed by atoms with Gasteiger partial charge in [-0.1, -0.05) is 5.21 Å². The van der Waals surface area contributed by atoms with Crippen molar-refractivity contribution in [3.63, 3.8) is 0 Å². The Morgan fingerprint density at radius 2 is 2.50 bits per heavy atom. The van der Waals surface area contributed by atoms with Crippen molar-refractivity contribution < 1.29 is 14.6 Å². The SMILES string of the molecule is COCC(C)n1cc(CC(=O)O)nn1. The molecule has 0 aliphatic rings. The van der Waals surface area contributed by atoms with Gasteiger partial charge in [-0.05, 0) is 6.92 Å². The Morgan fingerprint density at radius 3 is 3.07 bits per heavy atom. The molecule has 0 spiro atoms. The maximum absolute atomic E-state index is 10.4. The van der Waals surface area contributed by atoms with Crippen molar-refractivity contribution in [2.75, 3.05) is 13.7 Å². The van der Waals surface area contributed by atoms with Crippen LogP contribution in [0.3, 0.4) is 0 Å². The van der Waals surface area contributed by atoms with Gasteiger partial charge in [-0.25, -0.2) is 4.68 Å². The summed E-state index contributed by atoms with van der Waals surface area (Å²) in [5.41, 5.74) is 0.459. The zero-order valence-corrected chi connectivity index (χ0v) is 8.17. The number of aromatic nitrogens is 3.